The Morgan fingerprint density at radius 3 is 2.47 bits per heavy atom. The number of halogens is 1. The fraction of sp³-hybridized carbons (Fsp3) is 0.208. The Morgan fingerprint density at radius 2 is 1.84 bits per heavy atom. The topological polar surface area (TPSA) is 97.4 Å². The van der Waals surface area contributed by atoms with Gasteiger partial charge in [-0.1, -0.05) is 40.5 Å². The van der Waals surface area contributed by atoms with Crippen molar-refractivity contribution in [2.45, 2.75) is 20.8 Å². The normalized spacial score (nSPS) is 11.0. The molecule has 0 spiro atoms. The lowest BCUT2D eigenvalue weighted by Gasteiger charge is -2.12. The van der Waals surface area contributed by atoms with Gasteiger partial charge in [-0.2, -0.15) is 5.26 Å². The summed E-state index contributed by atoms with van der Waals surface area (Å²) in [7, 11) is 0. The number of nitrogens with one attached hydrogen (secondary N) is 1. The number of amides is 1. The van der Waals surface area contributed by atoms with E-state index in [-0.39, 0.29) is 11.4 Å². The molecule has 0 aliphatic heterocycles. The van der Waals surface area contributed by atoms with Crippen LogP contribution in [0.3, 0.4) is 0 Å². The van der Waals surface area contributed by atoms with Gasteiger partial charge in [-0.3, -0.25) is 4.79 Å². The Labute approximate surface area is 191 Å². The largest absolute Gasteiger partial charge is 0.490 e. The van der Waals surface area contributed by atoms with Crippen LogP contribution >= 0.6 is 11.6 Å². The summed E-state index contributed by atoms with van der Waals surface area (Å²) >= 11 is 6.31. The Morgan fingerprint density at radius 1 is 1.12 bits per heavy atom. The molecule has 7 nitrogen and oxygen atoms in total. The minimum absolute atomic E-state index is 0.0998. The molecule has 2 aromatic carbocycles. The maximum atomic E-state index is 12.3. The maximum Gasteiger partial charge on any atom is 0.267 e. The van der Waals surface area contributed by atoms with Gasteiger partial charge in [0.05, 0.1) is 5.02 Å². The van der Waals surface area contributed by atoms with E-state index in [0.717, 1.165) is 11.3 Å². The SMILES string of the molecule is Cc1ccc(OCCOc2ccc(C=C(C#N)C(=O)Nc3cc(C)on3)cc2Cl)c(C)c1. The van der Waals surface area contributed by atoms with Crippen LogP contribution in [0.15, 0.2) is 52.6 Å². The van der Waals surface area contributed by atoms with Crippen molar-refractivity contribution in [3.05, 3.63) is 75.5 Å². The third kappa shape index (κ3) is 6.13. The number of hydrogen-bond donors (Lipinski definition) is 1. The molecule has 0 unspecified atom stereocenters. The molecule has 0 atom stereocenters. The number of ether oxygens (including phenoxy) is 2. The van der Waals surface area contributed by atoms with Crippen LogP contribution in [0.4, 0.5) is 5.82 Å². The number of benzene rings is 2. The Balaban J connectivity index is 1.58. The van der Waals surface area contributed by atoms with Gasteiger partial charge < -0.3 is 19.3 Å². The van der Waals surface area contributed by atoms with Gasteiger partial charge in [-0.25, -0.2) is 0 Å². The molecular weight excluding hydrogens is 430 g/mol. The van der Waals surface area contributed by atoms with E-state index in [1.165, 1.54) is 11.6 Å². The number of hydrogen-bond acceptors (Lipinski definition) is 6. The molecule has 0 bridgehead atoms. The van der Waals surface area contributed by atoms with E-state index in [9.17, 15) is 10.1 Å². The molecule has 3 rings (SSSR count). The van der Waals surface area contributed by atoms with Gasteiger partial charge in [0.1, 0.15) is 42.1 Å². The van der Waals surface area contributed by atoms with Crippen molar-refractivity contribution in [1.29, 1.82) is 5.26 Å². The van der Waals surface area contributed by atoms with E-state index in [1.807, 2.05) is 32.0 Å². The fourth-order valence-electron chi connectivity index (χ4n) is 2.91. The molecule has 1 heterocycles. The van der Waals surface area contributed by atoms with E-state index < -0.39 is 5.91 Å². The standard InChI is InChI=1S/C24H22ClN3O4/c1-15-4-6-21(16(2)10-15)30-8-9-31-22-7-5-18(13-20(22)25)12-19(14-26)24(29)27-23-11-17(3)32-28-23/h4-7,10-13H,8-9H2,1-3H3,(H,27,28,29). The van der Waals surface area contributed by atoms with Crippen molar-refractivity contribution in [2.75, 3.05) is 18.5 Å². The predicted molar refractivity (Wildman–Crippen MR) is 122 cm³/mol. The van der Waals surface area contributed by atoms with Gasteiger partial charge in [0.25, 0.3) is 5.91 Å². The first-order chi connectivity index (χ1) is 15.4. The minimum Gasteiger partial charge on any atom is -0.490 e. The number of nitrogens with zero attached hydrogens (tertiary/aromatic N) is 2. The van der Waals surface area contributed by atoms with Crippen molar-refractivity contribution in [3.63, 3.8) is 0 Å². The summed E-state index contributed by atoms with van der Waals surface area (Å²) in [5.41, 5.74) is 2.72. The average molecular weight is 452 g/mol. The lowest BCUT2D eigenvalue weighted by molar-refractivity contribution is -0.112. The third-order valence-electron chi connectivity index (χ3n) is 4.43. The number of carbonyl (C=O) groups excluding carboxylic acids is 1. The van der Waals surface area contributed by atoms with Crippen LogP contribution in [0.1, 0.15) is 22.5 Å². The van der Waals surface area contributed by atoms with E-state index in [1.54, 1.807) is 31.2 Å². The molecule has 8 heteroatoms. The molecule has 1 N–H and O–H groups in total. The second-order valence-corrected chi connectivity index (χ2v) is 7.51. The number of carbonyl (C=O) groups is 1. The van der Waals surface area contributed by atoms with E-state index in [2.05, 4.69) is 16.5 Å². The fourth-order valence-corrected chi connectivity index (χ4v) is 3.16. The Kier molecular flexibility index (Phi) is 7.53. The van der Waals surface area contributed by atoms with Crippen LogP contribution < -0.4 is 14.8 Å². The maximum absolute atomic E-state index is 12.3. The highest BCUT2D eigenvalue weighted by molar-refractivity contribution is 6.32. The van der Waals surface area contributed by atoms with Crippen LogP contribution in [0, 0.1) is 32.1 Å². The van der Waals surface area contributed by atoms with Crippen molar-refractivity contribution in [1.82, 2.24) is 5.16 Å². The van der Waals surface area contributed by atoms with Gasteiger partial charge >= 0.3 is 0 Å². The van der Waals surface area contributed by atoms with Crippen LogP contribution in [0.5, 0.6) is 11.5 Å². The molecule has 0 saturated heterocycles. The molecule has 0 saturated carbocycles. The van der Waals surface area contributed by atoms with Crippen molar-refractivity contribution in [2.24, 2.45) is 0 Å². The lowest BCUT2D eigenvalue weighted by Crippen LogP contribution is -2.13. The molecule has 0 aliphatic carbocycles. The summed E-state index contributed by atoms with van der Waals surface area (Å²) in [4.78, 5) is 12.3. The van der Waals surface area contributed by atoms with Crippen LogP contribution in [0.2, 0.25) is 5.02 Å². The predicted octanol–water partition coefficient (Wildman–Crippen LogP) is 5.26. The molecule has 1 aromatic heterocycles. The lowest BCUT2D eigenvalue weighted by atomic mass is 10.1. The first kappa shape index (κ1) is 22.9. The number of aromatic nitrogens is 1. The average Bonchev–Trinajstić information content (AvgIpc) is 3.16. The Hall–Kier alpha value is -3.76. The van der Waals surface area contributed by atoms with Gasteiger partial charge in [-0.05, 0) is 56.2 Å². The van der Waals surface area contributed by atoms with Crippen molar-refractivity contribution >= 4 is 29.4 Å². The molecule has 1 amide bonds. The number of aryl methyl sites for hydroxylation is 3. The second-order valence-electron chi connectivity index (χ2n) is 7.10. The summed E-state index contributed by atoms with van der Waals surface area (Å²) < 4.78 is 16.3. The molecule has 0 radical (unpaired) electrons. The molecule has 0 fully saturated rings. The van der Waals surface area contributed by atoms with E-state index >= 15 is 0 Å². The van der Waals surface area contributed by atoms with E-state index in [4.69, 9.17) is 25.6 Å². The van der Waals surface area contributed by atoms with Gasteiger partial charge in [-0.15, -0.1) is 0 Å². The second kappa shape index (κ2) is 10.5. The molecule has 0 aliphatic rings. The smallest absolute Gasteiger partial charge is 0.267 e. The molecule has 164 valence electrons. The number of nitriles is 1. The quantitative estimate of drug-likeness (QED) is 0.285. The molecular formula is C24H22ClN3O4. The zero-order chi connectivity index (χ0) is 23.1. The van der Waals surface area contributed by atoms with Crippen LogP contribution in [0.25, 0.3) is 6.08 Å². The number of anilines is 1. The van der Waals surface area contributed by atoms with Gasteiger partial charge in [0.2, 0.25) is 0 Å². The minimum atomic E-state index is -0.596. The first-order valence-corrected chi connectivity index (χ1v) is 10.2. The third-order valence-corrected chi connectivity index (χ3v) is 4.73. The highest BCUT2D eigenvalue weighted by Crippen LogP contribution is 2.27. The first-order valence-electron chi connectivity index (χ1n) is 9.84. The zero-order valence-electron chi connectivity index (χ0n) is 17.9. The summed E-state index contributed by atoms with van der Waals surface area (Å²) in [6.45, 7) is 6.40. The highest BCUT2D eigenvalue weighted by Gasteiger charge is 2.12. The highest BCUT2D eigenvalue weighted by atomic mass is 35.5. The van der Waals surface area contributed by atoms with Crippen LogP contribution in [-0.4, -0.2) is 24.3 Å². The van der Waals surface area contributed by atoms with Crippen LogP contribution in [-0.2, 0) is 4.79 Å². The summed E-state index contributed by atoms with van der Waals surface area (Å²) in [6, 6.07) is 14.4. The Bertz CT molecular complexity index is 1190. The monoisotopic (exact) mass is 451 g/mol. The van der Waals surface area contributed by atoms with E-state index in [0.29, 0.717) is 35.3 Å². The summed E-state index contributed by atoms with van der Waals surface area (Å²) in [6.07, 6.45) is 1.43. The zero-order valence-corrected chi connectivity index (χ0v) is 18.7. The molecule has 32 heavy (non-hydrogen) atoms. The van der Waals surface area contributed by atoms with Crippen molar-refractivity contribution in [3.8, 4) is 17.6 Å². The number of rotatable bonds is 8. The van der Waals surface area contributed by atoms with Gasteiger partial charge in [0.15, 0.2) is 5.82 Å². The van der Waals surface area contributed by atoms with Gasteiger partial charge in [0, 0.05) is 6.07 Å². The summed E-state index contributed by atoms with van der Waals surface area (Å²) in [5, 5.41) is 15.9. The van der Waals surface area contributed by atoms with Crippen molar-refractivity contribution < 1.29 is 18.8 Å². The molecule has 3 aromatic rings. The summed E-state index contributed by atoms with van der Waals surface area (Å²) in [5.74, 6) is 1.48.